The number of pyridine rings is 1. The van der Waals surface area contributed by atoms with Crippen molar-refractivity contribution in [1.82, 2.24) is 4.98 Å². The quantitative estimate of drug-likeness (QED) is 0.793. The average Bonchev–Trinajstić information content (AvgIpc) is 2.29. The van der Waals surface area contributed by atoms with Crippen LogP contribution in [0.2, 0.25) is 0 Å². The number of aryl methyl sites for hydroxylation is 1. The van der Waals surface area contributed by atoms with Gasteiger partial charge in [-0.15, -0.1) is 0 Å². The molecular weight excluding hydrogens is 212 g/mol. The summed E-state index contributed by atoms with van der Waals surface area (Å²) in [5.74, 6) is 0.678. The van der Waals surface area contributed by atoms with E-state index in [1.54, 1.807) is 6.20 Å². The van der Waals surface area contributed by atoms with Gasteiger partial charge in [-0.3, -0.25) is 0 Å². The lowest BCUT2D eigenvalue weighted by Crippen LogP contribution is -2.33. The second-order valence-corrected chi connectivity index (χ2v) is 4.13. The molecule has 0 amide bonds. The highest BCUT2D eigenvalue weighted by molar-refractivity contribution is 5.57. The third-order valence-electron chi connectivity index (χ3n) is 2.61. The molecule has 88 valence electrons. The van der Waals surface area contributed by atoms with Crippen LogP contribution in [0.4, 0.5) is 5.82 Å². The Morgan fingerprint density at radius 1 is 1.41 bits per heavy atom. The molecule has 0 aliphatic heterocycles. The molecule has 1 rings (SSSR count). The molecule has 0 aliphatic rings. The van der Waals surface area contributed by atoms with Crippen LogP contribution < -0.4 is 4.90 Å². The normalized spacial score (nSPS) is 9.76. The van der Waals surface area contributed by atoms with E-state index in [1.165, 1.54) is 0 Å². The van der Waals surface area contributed by atoms with Crippen LogP contribution in [0.25, 0.3) is 0 Å². The fourth-order valence-corrected chi connectivity index (χ4v) is 1.68. The summed E-state index contributed by atoms with van der Waals surface area (Å²) in [5, 5.41) is 17.8. The van der Waals surface area contributed by atoms with Crippen LogP contribution in [0, 0.1) is 29.6 Å². The van der Waals surface area contributed by atoms with Crippen molar-refractivity contribution < 1.29 is 0 Å². The van der Waals surface area contributed by atoms with Crippen molar-refractivity contribution in [2.75, 3.05) is 11.4 Å². The molecule has 4 heteroatoms. The molecule has 0 saturated carbocycles. The number of anilines is 1. The molecule has 0 atom stereocenters. The van der Waals surface area contributed by atoms with Crippen molar-refractivity contribution in [3.8, 4) is 12.1 Å². The maximum absolute atomic E-state index is 9.17. The first-order valence-electron chi connectivity index (χ1n) is 5.61. The molecule has 0 N–H and O–H groups in total. The summed E-state index contributed by atoms with van der Waals surface area (Å²) in [5.41, 5.74) is 1.51. The number of rotatable bonds is 4. The van der Waals surface area contributed by atoms with Crippen molar-refractivity contribution in [1.29, 1.82) is 10.5 Å². The minimum Gasteiger partial charge on any atom is -0.352 e. The Hall–Kier alpha value is -2.07. The van der Waals surface area contributed by atoms with Crippen molar-refractivity contribution in [2.24, 2.45) is 0 Å². The lowest BCUT2D eigenvalue weighted by atomic mass is 10.1. The molecule has 0 saturated heterocycles. The Bertz CT molecular complexity index is 465. The smallest absolute Gasteiger partial charge is 0.147 e. The fourth-order valence-electron chi connectivity index (χ4n) is 1.68. The van der Waals surface area contributed by atoms with E-state index in [9.17, 15) is 5.26 Å². The number of nitrogens with zero attached hydrogens (tertiary/aromatic N) is 4. The van der Waals surface area contributed by atoms with E-state index in [0.29, 0.717) is 24.3 Å². The second-order valence-electron chi connectivity index (χ2n) is 4.13. The molecule has 4 nitrogen and oxygen atoms in total. The van der Waals surface area contributed by atoms with Gasteiger partial charge in [-0.25, -0.2) is 4.98 Å². The number of hydrogen-bond donors (Lipinski definition) is 0. The van der Waals surface area contributed by atoms with Crippen LogP contribution >= 0.6 is 0 Å². The average molecular weight is 228 g/mol. The summed E-state index contributed by atoms with van der Waals surface area (Å²) in [6.45, 7) is 6.55. The lowest BCUT2D eigenvalue weighted by molar-refractivity contribution is 0.675. The maximum Gasteiger partial charge on any atom is 0.147 e. The summed E-state index contributed by atoms with van der Waals surface area (Å²) >= 11 is 0. The minimum absolute atomic E-state index is 0.213. The van der Waals surface area contributed by atoms with E-state index >= 15 is 0 Å². The van der Waals surface area contributed by atoms with Gasteiger partial charge in [0.25, 0.3) is 0 Å². The number of nitriles is 2. The van der Waals surface area contributed by atoms with Gasteiger partial charge >= 0.3 is 0 Å². The SMILES string of the molecule is Cc1ccnc(N(CCC#N)C(C)C)c1C#N. The van der Waals surface area contributed by atoms with Gasteiger partial charge in [-0.2, -0.15) is 10.5 Å². The summed E-state index contributed by atoms with van der Waals surface area (Å²) in [6, 6.07) is 6.35. The van der Waals surface area contributed by atoms with E-state index in [4.69, 9.17) is 5.26 Å². The van der Waals surface area contributed by atoms with Crippen LogP contribution in [-0.4, -0.2) is 17.6 Å². The standard InChI is InChI=1S/C13H16N4/c1-10(2)17(8-4-6-14)13-12(9-15)11(3)5-7-16-13/h5,7,10H,4,8H2,1-3H3. The molecule has 17 heavy (non-hydrogen) atoms. The highest BCUT2D eigenvalue weighted by Crippen LogP contribution is 2.22. The molecule has 0 aromatic carbocycles. The molecule has 0 aliphatic carbocycles. The molecule has 0 radical (unpaired) electrons. The van der Waals surface area contributed by atoms with E-state index in [0.717, 1.165) is 5.56 Å². The Morgan fingerprint density at radius 2 is 2.12 bits per heavy atom. The van der Waals surface area contributed by atoms with Crippen LogP contribution in [0.3, 0.4) is 0 Å². The van der Waals surface area contributed by atoms with Crippen LogP contribution in [0.1, 0.15) is 31.4 Å². The molecule has 0 spiro atoms. The van der Waals surface area contributed by atoms with Gasteiger partial charge in [-0.1, -0.05) is 0 Å². The van der Waals surface area contributed by atoms with E-state index in [1.807, 2.05) is 31.7 Å². The van der Waals surface area contributed by atoms with Gasteiger partial charge in [0.2, 0.25) is 0 Å². The molecule has 0 bridgehead atoms. The Labute approximate surface area is 102 Å². The summed E-state index contributed by atoms with van der Waals surface area (Å²) < 4.78 is 0. The van der Waals surface area contributed by atoms with Crippen LogP contribution in [0.5, 0.6) is 0 Å². The highest BCUT2D eigenvalue weighted by Gasteiger charge is 2.16. The van der Waals surface area contributed by atoms with Crippen molar-refractivity contribution >= 4 is 5.82 Å². The monoisotopic (exact) mass is 228 g/mol. The molecule has 1 aromatic rings. The summed E-state index contributed by atoms with van der Waals surface area (Å²) in [7, 11) is 0. The van der Waals surface area contributed by atoms with Gasteiger partial charge in [-0.05, 0) is 32.4 Å². The Kier molecular flexibility index (Phi) is 4.48. The van der Waals surface area contributed by atoms with Crippen LogP contribution in [0.15, 0.2) is 12.3 Å². The molecular formula is C13H16N4. The van der Waals surface area contributed by atoms with Crippen molar-refractivity contribution in [3.05, 3.63) is 23.4 Å². The zero-order valence-electron chi connectivity index (χ0n) is 10.4. The second kappa shape index (κ2) is 5.86. The first-order valence-corrected chi connectivity index (χ1v) is 5.61. The predicted molar refractivity (Wildman–Crippen MR) is 66.4 cm³/mol. The van der Waals surface area contributed by atoms with E-state index in [-0.39, 0.29) is 6.04 Å². The molecule has 1 heterocycles. The molecule has 1 aromatic heterocycles. The number of hydrogen-bond acceptors (Lipinski definition) is 4. The zero-order valence-corrected chi connectivity index (χ0v) is 10.4. The fraction of sp³-hybridized carbons (Fsp3) is 0.462. The van der Waals surface area contributed by atoms with E-state index in [2.05, 4.69) is 17.1 Å². The van der Waals surface area contributed by atoms with Crippen molar-refractivity contribution in [3.63, 3.8) is 0 Å². The van der Waals surface area contributed by atoms with Gasteiger partial charge < -0.3 is 4.90 Å². The third kappa shape index (κ3) is 2.95. The summed E-state index contributed by atoms with van der Waals surface area (Å²) in [6.07, 6.45) is 2.13. The first kappa shape index (κ1) is 13.0. The molecule has 0 unspecified atom stereocenters. The van der Waals surface area contributed by atoms with Gasteiger partial charge in [0, 0.05) is 18.8 Å². The van der Waals surface area contributed by atoms with Gasteiger partial charge in [0.1, 0.15) is 11.9 Å². The predicted octanol–water partition coefficient (Wildman–Crippen LogP) is 2.39. The number of aromatic nitrogens is 1. The Morgan fingerprint density at radius 3 is 2.65 bits per heavy atom. The lowest BCUT2D eigenvalue weighted by Gasteiger charge is -2.28. The Balaban J connectivity index is 3.15. The highest BCUT2D eigenvalue weighted by atomic mass is 15.2. The van der Waals surface area contributed by atoms with Crippen molar-refractivity contribution in [2.45, 2.75) is 33.2 Å². The third-order valence-corrected chi connectivity index (χ3v) is 2.61. The largest absolute Gasteiger partial charge is 0.352 e. The first-order chi connectivity index (χ1) is 8.11. The zero-order chi connectivity index (χ0) is 12.8. The molecule has 0 fully saturated rings. The maximum atomic E-state index is 9.17. The van der Waals surface area contributed by atoms with Gasteiger partial charge in [0.15, 0.2) is 0 Å². The van der Waals surface area contributed by atoms with E-state index < -0.39 is 0 Å². The van der Waals surface area contributed by atoms with Crippen LogP contribution in [-0.2, 0) is 0 Å². The topological polar surface area (TPSA) is 63.7 Å². The summed E-state index contributed by atoms with van der Waals surface area (Å²) in [4.78, 5) is 6.27. The van der Waals surface area contributed by atoms with Gasteiger partial charge in [0.05, 0.1) is 18.1 Å². The minimum atomic E-state index is 0.213.